The number of quaternary nitrogens is 1. The van der Waals surface area contributed by atoms with Gasteiger partial charge >= 0.3 is 7.82 Å². The Morgan fingerprint density at radius 3 is 1.04 bits per heavy atom. The van der Waals surface area contributed by atoms with E-state index in [1.54, 1.807) is 0 Å². The van der Waals surface area contributed by atoms with Crippen LogP contribution in [0.15, 0.2) is 85.1 Å². The number of carbonyl (C=O) groups is 1. The van der Waals surface area contributed by atoms with Gasteiger partial charge in [0.15, 0.2) is 0 Å². The maximum Gasteiger partial charge on any atom is 0.472 e. The first-order valence-corrected chi connectivity index (χ1v) is 37.9. The molecule has 496 valence electrons. The van der Waals surface area contributed by atoms with Crippen molar-refractivity contribution in [3.05, 3.63) is 85.1 Å². The predicted molar refractivity (Wildman–Crippen MR) is 373 cm³/mol. The Balaban J connectivity index is 3.95. The molecule has 0 aliphatic rings. The number of hydrogen-bond donors (Lipinski definition) is 3. The van der Waals surface area contributed by atoms with Crippen molar-refractivity contribution < 1.29 is 32.9 Å². The summed E-state index contributed by atoms with van der Waals surface area (Å²) in [5, 5.41) is 14.2. The minimum Gasteiger partial charge on any atom is -0.391 e. The van der Waals surface area contributed by atoms with Crippen LogP contribution in [0.4, 0.5) is 0 Å². The van der Waals surface area contributed by atoms with Crippen molar-refractivity contribution in [2.75, 3.05) is 40.9 Å². The van der Waals surface area contributed by atoms with E-state index in [0.29, 0.717) is 23.9 Å². The van der Waals surface area contributed by atoms with E-state index in [-0.39, 0.29) is 19.1 Å². The number of rotatable bonds is 67. The summed E-state index contributed by atoms with van der Waals surface area (Å²) >= 11 is 0. The van der Waals surface area contributed by atoms with Gasteiger partial charge in [-0.25, -0.2) is 4.57 Å². The largest absolute Gasteiger partial charge is 0.472 e. The number of likely N-dealkylation sites (N-methyl/N-ethyl adjacent to an activating group) is 1. The number of nitrogens with one attached hydrogen (secondary N) is 1. The summed E-state index contributed by atoms with van der Waals surface area (Å²) in [6.45, 7) is 4.82. The molecule has 0 fully saturated rings. The topological polar surface area (TPSA) is 105 Å². The third-order valence-electron chi connectivity index (χ3n) is 16.4. The third-order valence-corrected chi connectivity index (χ3v) is 17.4. The molecule has 8 nitrogen and oxygen atoms in total. The van der Waals surface area contributed by atoms with Gasteiger partial charge in [0.2, 0.25) is 5.91 Å². The van der Waals surface area contributed by atoms with E-state index in [2.05, 4.69) is 104 Å². The first-order chi connectivity index (χ1) is 41.5. The van der Waals surface area contributed by atoms with Crippen molar-refractivity contribution in [2.45, 2.75) is 353 Å². The molecule has 9 heteroatoms. The smallest absolute Gasteiger partial charge is 0.391 e. The SMILES string of the molecule is CC/C=C\C/C=C\C/C=C\C/C=C\C/C=C\C/C=C\C/C=C\CCCCCCCCCCCCCCCCCCCCCC(=O)NC(COP(=O)(O)OCC[N+](C)(C)C)C(O)CCCCCCCCCCCCCCCCCCCCCCCC. The molecular weight excluding hydrogens is 1070 g/mol. The fourth-order valence-corrected chi connectivity index (χ4v) is 11.5. The number of aliphatic hydroxyl groups excluding tert-OH is 1. The highest BCUT2D eigenvalue weighted by Gasteiger charge is 2.28. The average molecular weight is 1210 g/mol. The van der Waals surface area contributed by atoms with Crippen molar-refractivity contribution in [2.24, 2.45) is 0 Å². The molecule has 0 spiro atoms. The third kappa shape index (κ3) is 69.0. The second-order valence-corrected chi connectivity index (χ2v) is 27.4. The van der Waals surface area contributed by atoms with Gasteiger partial charge in [0.1, 0.15) is 13.2 Å². The molecule has 0 heterocycles. The van der Waals surface area contributed by atoms with Crippen molar-refractivity contribution in [1.29, 1.82) is 0 Å². The number of amides is 1. The van der Waals surface area contributed by atoms with Crippen LogP contribution in [0, 0.1) is 0 Å². The van der Waals surface area contributed by atoms with Gasteiger partial charge in [0.25, 0.3) is 0 Å². The molecule has 3 atom stereocenters. The number of carbonyl (C=O) groups excluding carboxylic acids is 1. The summed E-state index contributed by atoms with van der Waals surface area (Å²) in [5.74, 6) is -0.140. The van der Waals surface area contributed by atoms with Crippen LogP contribution < -0.4 is 5.32 Å². The fourth-order valence-electron chi connectivity index (χ4n) is 10.8. The monoisotopic (exact) mass is 1210 g/mol. The molecule has 0 saturated heterocycles. The normalized spacial score (nSPS) is 14.1. The van der Waals surface area contributed by atoms with Gasteiger partial charge in [-0.1, -0.05) is 349 Å². The Kier molecular flexibility index (Phi) is 64.3. The van der Waals surface area contributed by atoms with E-state index in [1.165, 1.54) is 231 Å². The Morgan fingerprint density at radius 1 is 0.412 bits per heavy atom. The van der Waals surface area contributed by atoms with E-state index >= 15 is 0 Å². The number of unbranched alkanes of at least 4 members (excludes halogenated alkanes) is 40. The average Bonchev–Trinajstić information content (AvgIpc) is 3.48. The second-order valence-electron chi connectivity index (χ2n) is 25.9. The molecule has 0 aromatic heterocycles. The maximum absolute atomic E-state index is 13.1. The standard InChI is InChI=1S/C76H141N2O6P/c1-6-8-10-12-14-16-18-20-22-24-26-28-30-31-32-33-34-35-36-37-38-39-40-41-42-43-44-45-46-47-48-50-52-54-56-58-60-62-64-66-68-70-76(80)77-74(73-84-85(81,82)83-72-71-78(3,4)5)75(79)69-67-65-63-61-59-57-55-53-51-49-29-27-25-23-21-19-17-15-13-11-9-7-2/h8,10,14,16,20,22,26,28,31-32,34-35,37-38,74-75,79H,6-7,9,11-13,15,17-19,21,23-25,27,29-30,33,36,39-73H2,1-5H3,(H-,77,80,81,82)/p+1/b10-8-,16-14-,22-20-,28-26-,32-31-,35-34-,38-37-. The lowest BCUT2D eigenvalue weighted by Crippen LogP contribution is -2.46. The molecule has 0 aliphatic carbocycles. The summed E-state index contributed by atoms with van der Waals surface area (Å²) in [6.07, 6.45) is 94.1. The first-order valence-electron chi connectivity index (χ1n) is 36.5. The van der Waals surface area contributed by atoms with Crippen molar-refractivity contribution in [3.8, 4) is 0 Å². The van der Waals surface area contributed by atoms with Gasteiger partial charge in [0.05, 0.1) is 39.9 Å². The van der Waals surface area contributed by atoms with Crippen molar-refractivity contribution >= 4 is 13.7 Å². The summed E-state index contributed by atoms with van der Waals surface area (Å²) in [4.78, 5) is 23.5. The first kappa shape index (κ1) is 82.7. The van der Waals surface area contributed by atoms with Crippen LogP contribution in [0.5, 0.6) is 0 Å². The van der Waals surface area contributed by atoms with E-state index < -0.39 is 20.0 Å². The number of aliphatic hydroxyl groups is 1. The lowest BCUT2D eigenvalue weighted by molar-refractivity contribution is -0.870. The van der Waals surface area contributed by atoms with Gasteiger partial charge in [-0.2, -0.15) is 0 Å². The minimum atomic E-state index is -4.33. The van der Waals surface area contributed by atoms with Gasteiger partial charge in [-0.15, -0.1) is 0 Å². The molecular formula is C76H142N2O6P+. The Morgan fingerprint density at radius 2 is 0.706 bits per heavy atom. The van der Waals surface area contributed by atoms with Gasteiger partial charge in [-0.05, 0) is 70.6 Å². The lowest BCUT2D eigenvalue weighted by atomic mass is 10.0. The molecule has 3 unspecified atom stereocenters. The second kappa shape index (κ2) is 66.1. The van der Waals surface area contributed by atoms with Crippen molar-refractivity contribution in [1.82, 2.24) is 5.32 Å². The number of allylic oxidation sites excluding steroid dienone is 14. The molecule has 0 aromatic rings. The van der Waals surface area contributed by atoms with Crippen LogP contribution in [0.2, 0.25) is 0 Å². The van der Waals surface area contributed by atoms with Crippen LogP contribution in [-0.2, 0) is 18.4 Å². The van der Waals surface area contributed by atoms with Gasteiger partial charge in [-0.3, -0.25) is 13.8 Å². The molecule has 0 bridgehead atoms. The Labute approximate surface area is 528 Å². The van der Waals surface area contributed by atoms with E-state index in [9.17, 15) is 19.4 Å². The highest BCUT2D eigenvalue weighted by Crippen LogP contribution is 2.43. The molecule has 0 rings (SSSR count). The molecule has 85 heavy (non-hydrogen) atoms. The van der Waals surface area contributed by atoms with Crippen LogP contribution in [0.25, 0.3) is 0 Å². The Bertz CT molecular complexity index is 1660. The highest BCUT2D eigenvalue weighted by atomic mass is 31.2. The zero-order chi connectivity index (χ0) is 61.9. The summed E-state index contributed by atoms with van der Waals surface area (Å²) in [5.41, 5.74) is 0. The van der Waals surface area contributed by atoms with E-state index in [1.807, 2.05) is 21.1 Å². The van der Waals surface area contributed by atoms with Crippen LogP contribution in [-0.4, -0.2) is 73.4 Å². The van der Waals surface area contributed by atoms with E-state index in [0.717, 1.165) is 83.5 Å². The van der Waals surface area contributed by atoms with Gasteiger partial charge in [0, 0.05) is 6.42 Å². The zero-order valence-corrected chi connectivity index (χ0v) is 57.7. The maximum atomic E-state index is 13.1. The number of hydrogen-bond acceptors (Lipinski definition) is 5. The van der Waals surface area contributed by atoms with Crippen LogP contribution in [0.1, 0.15) is 341 Å². The lowest BCUT2D eigenvalue weighted by Gasteiger charge is -2.26. The number of phosphoric acid groups is 1. The summed E-state index contributed by atoms with van der Waals surface area (Å²) < 4.78 is 23.9. The van der Waals surface area contributed by atoms with Crippen LogP contribution >= 0.6 is 7.82 Å². The molecule has 0 aromatic carbocycles. The molecule has 0 saturated carbocycles. The molecule has 0 aliphatic heterocycles. The minimum absolute atomic E-state index is 0.0747. The molecule has 0 radical (unpaired) electrons. The molecule has 1 amide bonds. The Hall–Kier alpha value is -2.32. The quantitative estimate of drug-likeness (QED) is 0.0243. The summed E-state index contributed by atoms with van der Waals surface area (Å²) in [6, 6.07) is -0.764. The van der Waals surface area contributed by atoms with Crippen LogP contribution in [0.3, 0.4) is 0 Å². The number of phosphoric ester groups is 1. The predicted octanol–water partition coefficient (Wildman–Crippen LogP) is 23.5. The summed E-state index contributed by atoms with van der Waals surface area (Å²) in [7, 11) is 1.63. The van der Waals surface area contributed by atoms with E-state index in [4.69, 9.17) is 9.05 Å². The zero-order valence-electron chi connectivity index (χ0n) is 56.8. The fraction of sp³-hybridized carbons (Fsp3) is 0.803. The van der Waals surface area contributed by atoms with Crippen molar-refractivity contribution in [3.63, 3.8) is 0 Å². The highest BCUT2D eigenvalue weighted by molar-refractivity contribution is 7.47. The number of nitrogens with zero attached hydrogens (tertiary/aromatic N) is 1. The van der Waals surface area contributed by atoms with Gasteiger partial charge < -0.3 is 19.8 Å². The molecule has 3 N–H and O–H groups in total.